The molecule has 0 saturated heterocycles. The first-order chi connectivity index (χ1) is 7.54. The Kier molecular flexibility index (Phi) is 4.05. The van der Waals surface area contributed by atoms with Gasteiger partial charge in [-0.15, -0.1) is 0 Å². The lowest BCUT2D eigenvalue weighted by molar-refractivity contribution is 0.0334. The smallest absolute Gasteiger partial charge is 0.338 e. The molecular formula is C12H14O4. The lowest BCUT2D eigenvalue weighted by Crippen LogP contribution is -2.14. The van der Waals surface area contributed by atoms with Crippen molar-refractivity contribution in [3.63, 3.8) is 0 Å². The average molecular weight is 222 g/mol. The molecule has 1 aromatic carbocycles. The number of ether oxygens (including phenoxy) is 1. The number of hydrogen-bond donors (Lipinski definition) is 1. The molecule has 0 amide bonds. The van der Waals surface area contributed by atoms with Gasteiger partial charge in [0.1, 0.15) is 0 Å². The summed E-state index contributed by atoms with van der Waals surface area (Å²) in [7, 11) is 0. The minimum atomic E-state index is -1.06. The van der Waals surface area contributed by atoms with Crippen LogP contribution in [0.2, 0.25) is 0 Å². The Labute approximate surface area is 93.9 Å². The third-order valence-electron chi connectivity index (χ3n) is 2.23. The van der Waals surface area contributed by atoms with Gasteiger partial charge in [-0.3, -0.25) is 0 Å². The number of carboxylic acid groups (broad SMARTS) is 1. The minimum Gasteiger partial charge on any atom is -0.478 e. The highest BCUT2D eigenvalue weighted by atomic mass is 16.5. The van der Waals surface area contributed by atoms with Crippen molar-refractivity contribution in [2.24, 2.45) is 0 Å². The Morgan fingerprint density at radius 3 is 2.56 bits per heavy atom. The van der Waals surface area contributed by atoms with Crippen LogP contribution in [0.4, 0.5) is 0 Å². The number of aromatic carboxylic acids is 1. The number of carbonyl (C=O) groups excluding carboxylic acids is 1. The van der Waals surface area contributed by atoms with E-state index in [2.05, 4.69) is 0 Å². The normalized spacial score (nSPS) is 11.9. The topological polar surface area (TPSA) is 63.6 Å². The summed E-state index contributed by atoms with van der Waals surface area (Å²) in [5, 5.41) is 8.77. The number of rotatable bonds is 4. The number of hydrogen-bond acceptors (Lipinski definition) is 3. The Morgan fingerprint density at radius 1 is 1.38 bits per heavy atom. The Morgan fingerprint density at radius 2 is 2.00 bits per heavy atom. The molecule has 0 aliphatic rings. The summed E-state index contributed by atoms with van der Waals surface area (Å²) in [6.07, 6.45) is 0.561. The van der Waals surface area contributed by atoms with Crippen LogP contribution in [0.15, 0.2) is 24.3 Å². The Balaban J connectivity index is 2.83. The van der Waals surface area contributed by atoms with Crippen molar-refractivity contribution >= 4 is 11.9 Å². The van der Waals surface area contributed by atoms with Gasteiger partial charge in [-0.25, -0.2) is 9.59 Å². The molecule has 0 aliphatic heterocycles. The maximum Gasteiger partial charge on any atom is 0.338 e. The number of carbonyl (C=O) groups is 2. The molecule has 86 valence electrons. The van der Waals surface area contributed by atoms with Crippen molar-refractivity contribution in [2.45, 2.75) is 26.4 Å². The van der Waals surface area contributed by atoms with Gasteiger partial charge >= 0.3 is 11.9 Å². The molecule has 4 heteroatoms. The lowest BCUT2D eigenvalue weighted by atomic mass is 10.1. The number of esters is 1. The Bertz CT molecular complexity index is 398. The van der Waals surface area contributed by atoms with Crippen LogP contribution in [0.1, 0.15) is 41.0 Å². The van der Waals surface area contributed by atoms with E-state index >= 15 is 0 Å². The molecular weight excluding hydrogens is 208 g/mol. The third-order valence-corrected chi connectivity index (χ3v) is 2.23. The van der Waals surface area contributed by atoms with Crippen molar-refractivity contribution in [2.75, 3.05) is 0 Å². The van der Waals surface area contributed by atoms with Crippen LogP contribution in [0.5, 0.6) is 0 Å². The fraction of sp³-hybridized carbons (Fsp3) is 0.333. The molecule has 0 aromatic heterocycles. The first-order valence-corrected chi connectivity index (χ1v) is 5.09. The fourth-order valence-electron chi connectivity index (χ4n) is 1.11. The van der Waals surface area contributed by atoms with E-state index in [-0.39, 0.29) is 17.2 Å². The van der Waals surface area contributed by atoms with Crippen LogP contribution < -0.4 is 0 Å². The lowest BCUT2D eigenvalue weighted by Gasteiger charge is -2.10. The molecule has 1 rings (SSSR count). The molecule has 1 N–H and O–H groups in total. The third kappa shape index (κ3) is 3.08. The molecule has 0 saturated carbocycles. The van der Waals surface area contributed by atoms with E-state index < -0.39 is 11.9 Å². The summed E-state index contributed by atoms with van der Waals surface area (Å²) < 4.78 is 5.09. The highest BCUT2D eigenvalue weighted by Gasteiger charge is 2.12. The maximum atomic E-state index is 11.6. The van der Waals surface area contributed by atoms with Gasteiger partial charge < -0.3 is 9.84 Å². The summed E-state index contributed by atoms with van der Waals surface area (Å²) in [6.45, 7) is 3.70. The zero-order chi connectivity index (χ0) is 12.1. The molecule has 0 spiro atoms. The van der Waals surface area contributed by atoms with Crippen molar-refractivity contribution in [1.82, 2.24) is 0 Å². The van der Waals surface area contributed by atoms with Crippen LogP contribution in [0.3, 0.4) is 0 Å². The molecule has 0 aliphatic carbocycles. The van der Waals surface area contributed by atoms with Gasteiger partial charge in [0, 0.05) is 0 Å². The summed E-state index contributed by atoms with van der Waals surface area (Å²) in [4.78, 5) is 22.3. The van der Waals surface area contributed by atoms with E-state index in [0.29, 0.717) is 0 Å². The number of benzene rings is 1. The molecule has 4 nitrogen and oxygen atoms in total. The van der Waals surface area contributed by atoms with E-state index in [4.69, 9.17) is 9.84 Å². The molecule has 0 fully saturated rings. The fourth-order valence-corrected chi connectivity index (χ4v) is 1.11. The predicted octanol–water partition coefficient (Wildman–Crippen LogP) is 2.34. The minimum absolute atomic E-state index is 0.0820. The largest absolute Gasteiger partial charge is 0.478 e. The number of carboxylic acids is 1. The van der Waals surface area contributed by atoms with Gasteiger partial charge in [0.2, 0.25) is 0 Å². The summed E-state index contributed by atoms with van der Waals surface area (Å²) in [5.41, 5.74) is 0.346. The highest BCUT2D eigenvalue weighted by molar-refractivity contribution is 5.94. The zero-order valence-electron chi connectivity index (χ0n) is 9.27. The molecule has 1 atom stereocenters. The van der Waals surface area contributed by atoms with Crippen molar-refractivity contribution < 1.29 is 19.4 Å². The van der Waals surface area contributed by atoms with Crippen molar-refractivity contribution in [3.8, 4) is 0 Å². The van der Waals surface area contributed by atoms with Crippen molar-refractivity contribution in [1.29, 1.82) is 0 Å². The summed E-state index contributed by atoms with van der Waals surface area (Å²) >= 11 is 0. The second-order valence-electron chi connectivity index (χ2n) is 3.51. The van der Waals surface area contributed by atoms with Gasteiger partial charge in [-0.2, -0.15) is 0 Å². The second kappa shape index (κ2) is 5.30. The Hall–Kier alpha value is -1.84. The van der Waals surface area contributed by atoms with Gasteiger partial charge in [0.05, 0.1) is 17.2 Å². The zero-order valence-corrected chi connectivity index (χ0v) is 9.27. The van der Waals surface area contributed by atoms with Crippen molar-refractivity contribution in [3.05, 3.63) is 35.4 Å². The van der Waals surface area contributed by atoms with Gasteiger partial charge in [-0.1, -0.05) is 13.0 Å². The SMILES string of the molecule is CCC(C)OC(=O)c1cccc(C(=O)O)c1. The van der Waals surface area contributed by atoms with Crippen LogP contribution in [0, 0.1) is 0 Å². The van der Waals surface area contributed by atoms with Crippen LogP contribution >= 0.6 is 0 Å². The van der Waals surface area contributed by atoms with Crippen LogP contribution in [-0.4, -0.2) is 23.1 Å². The van der Waals surface area contributed by atoms with Crippen LogP contribution in [-0.2, 0) is 4.74 Å². The molecule has 0 heterocycles. The second-order valence-corrected chi connectivity index (χ2v) is 3.51. The summed E-state index contributed by atoms with van der Waals surface area (Å²) in [6, 6.07) is 5.81. The van der Waals surface area contributed by atoms with E-state index in [9.17, 15) is 9.59 Å². The van der Waals surface area contributed by atoms with E-state index in [0.717, 1.165) is 6.42 Å². The molecule has 16 heavy (non-hydrogen) atoms. The molecule has 1 unspecified atom stereocenters. The van der Waals surface area contributed by atoms with Gasteiger partial charge in [-0.05, 0) is 31.5 Å². The van der Waals surface area contributed by atoms with Gasteiger partial charge in [0.25, 0.3) is 0 Å². The van der Waals surface area contributed by atoms with E-state index in [1.807, 2.05) is 6.92 Å². The first-order valence-electron chi connectivity index (χ1n) is 5.09. The average Bonchev–Trinajstić information content (AvgIpc) is 2.28. The maximum absolute atomic E-state index is 11.6. The highest BCUT2D eigenvalue weighted by Crippen LogP contribution is 2.09. The molecule has 0 radical (unpaired) electrons. The predicted molar refractivity (Wildman–Crippen MR) is 58.6 cm³/mol. The summed E-state index contributed by atoms with van der Waals surface area (Å²) in [5.74, 6) is -1.55. The standard InChI is InChI=1S/C12H14O4/c1-3-8(2)16-12(15)10-6-4-5-9(7-10)11(13)14/h4-8H,3H2,1-2H3,(H,13,14). The van der Waals surface area contributed by atoms with Gasteiger partial charge in [0.15, 0.2) is 0 Å². The van der Waals surface area contributed by atoms with E-state index in [1.165, 1.54) is 24.3 Å². The molecule has 1 aromatic rings. The quantitative estimate of drug-likeness (QED) is 0.794. The first kappa shape index (κ1) is 12.2. The van der Waals surface area contributed by atoms with Crippen LogP contribution in [0.25, 0.3) is 0 Å². The molecule has 0 bridgehead atoms. The monoisotopic (exact) mass is 222 g/mol. The van der Waals surface area contributed by atoms with E-state index in [1.54, 1.807) is 6.92 Å².